The Labute approximate surface area is 159 Å². The quantitative estimate of drug-likeness (QED) is 0.534. The van der Waals surface area contributed by atoms with E-state index < -0.39 is 0 Å². The van der Waals surface area contributed by atoms with Crippen molar-refractivity contribution in [3.63, 3.8) is 0 Å². The number of hydrogen-bond acceptors (Lipinski definition) is 6. The lowest BCUT2D eigenvalue weighted by molar-refractivity contribution is -0.120. The van der Waals surface area contributed by atoms with Crippen LogP contribution in [-0.4, -0.2) is 25.7 Å². The van der Waals surface area contributed by atoms with E-state index in [4.69, 9.17) is 4.42 Å². The smallest absolute Gasteiger partial charge is 0.226 e. The summed E-state index contributed by atoms with van der Waals surface area (Å²) in [6.45, 7) is 1.07. The average molecular weight is 379 g/mol. The van der Waals surface area contributed by atoms with Crippen LogP contribution in [0.1, 0.15) is 16.8 Å². The lowest BCUT2D eigenvalue weighted by atomic mass is 10.1. The van der Waals surface area contributed by atoms with Crippen LogP contribution in [0.15, 0.2) is 65.1 Å². The van der Waals surface area contributed by atoms with Gasteiger partial charge in [-0.2, -0.15) is 5.10 Å². The van der Waals surface area contributed by atoms with Crippen molar-refractivity contribution in [2.24, 2.45) is 0 Å². The van der Waals surface area contributed by atoms with E-state index in [0.29, 0.717) is 18.8 Å². The maximum atomic E-state index is 12.3. The zero-order chi connectivity index (χ0) is 18.5. The number of thiazole rings is 1. The monoisotopic (exact) mass is 379 g/mol. The van der Waals surface area contributed by atoms with E-state index in [9.17, 15) is 4.79 Å². The fraction of sp³-hybridized carbons (Fsp3) is 0.158. The van der Waals surface area contributed by atoms with Gasteiger partial charge in [-0.1, -0.05) is 24.3 Å². The van der Waals surface area contributed by atoms with Gasteiger partial charge in [-0.25, -0.2) is 14.6 Å². The zero-order valence-electron chi connectivity index (χ0n) is 14.4. The van der Waals surface area contributed by atoms with Crippen LogP contribution >= 0.6 is 11.3 Å². The molecule has 0 aliphatic heterocycles. The predicted octanol–water partition coefficient (Wildman–Crippen LogP) is 2.90. The lowest BCUT2D eigenvalue weighted by Gasteiger charge is -2.10. The molecule has 27 heavy (non-hydrogen) atoms. The highest BCUT2D eigenvalue weighted by molar-refractivity contribution is 7.13. The maximum Gasteiger partial charge on any atom is 0.226 e. The zero-order valence-corrected chi connectivity index (χ0v) is 15.2. The molecule has 3 aromatic heterocycles. The highest BCUT2D eigenvalue weighted by Gasteiger charge is 2.11. The van der Waals surface area contributed by atoms with Crippen LogP contribution in [0.3, 0.4) is 0 Å². The first-order valence-electron chi connectivity index (χ1n) is 8.42. The lowest BCUT2D eigenvalue weighted by Crippen LogP contribution is -2.25. The number of carbonyl (C=O) groups is 1. The molecule has 1 N–H and O–H groups in total. The van der Waals surface area contributed by atoms with Crippen LogP contribution in [0.25, 0.3) is 10.8 Å². The van der Waals surface area contributed by atoms with Crippen LogP contribution in [-0.2, 0) is 24.3 Å². The van der Waals surface area contributed by atoms with E-state index in [1.807, 2.05) is 41.8 Å². The van der Waals surface area contributed by atoms with Gasteiger partial charge in [-0.05, 0) is 23.3 Å². The molecule has 0 saturated heterocycles. The summed E-state index contributed by atoms with van der Waals surface area (Å²) in [4.78, 5) is 20.7. The van der Waals surface area contributed by atoms with Crippen LogP contribution in [0.5, 0.6) is 0 Å². The van der Waals surface area contributed by atoms with E-state index in [1.54, 1.807) is 17.3 Å². The molecular weight excluding hydrogens is 362 g/mol. The molecule has 0 saturated carbocycles. The van der Waals surface area contributed by atoms with Gasteiger partial charge >= 0.3 is 0 Å². The normalized spacial score (nSPS) is 10.8. The second kappa shape index (κ2) is 7.96. The van der Waals surface area contributed by atoms with Crippen molar-refractivity contribution >= 4 is 17.2 Å². The van der Waals surface area contributed by atoms with Crippen LogP contribution in [0.2, 0.25) is 0 Å². The Balaban J connectivity index is 1.36. The third-order valence-corrected chi connectivity index (χ3v) is 4.92. The standard InChI is InChI=1S/C19H17N5O2S/c25-18(8-16-11-27-19(23-16)17-6-3-7-26-17)21-9-14-4-1-2-5-15(14)10-24-13-20-12-22-24/h1-7,11-13H,8-10H2,(H,21,25). The number of carbonyl (C=O) groups excluding carboxylic acids is 1. The minimum Gasteiger partial charge on any atom is -0.462 e. The van der Waals surface area contributed by atoms with Crippen molar-refractivity contribution in [3.05, 3.63) is 77.5 Å². The van der Waals surface area contributed by atoms with Crippen LogP contribution in [0.4, 0.5) is 0 Å². The first-order valence-corrected chi connectivity index (χ1v) is 9.30. The number of amides is 1. The van der Waals surface area contributed by atoms with Crippen molar-refractivity contribution in [1.29, 1.82) is 0 Å². The van der Waals surface area contributed by atoms with E-state index in [-0.39, 0.29) is 12.3 Å². The molecular formula is C19H17N5O2S. The van der Waals surface area contributed by atoms with E-state index in [0.717, 1.165) is 21.8 Å². The number of benzene rings is 1. The summed E-state index contributed by atoms with van der Waals surface area (Å²) in [5.74, 6) is 0.649. The van der Waals surface area contributed by atoms with Crippen molar-refractivity contribution in [3.8, 4) is 10.8 Å². The largest absolute Gasteiger partial charge is 0.462 e. The molecule has 7 nitrogen and oxygen atoms in total. The topological polar surface area (TPSA) is 85.8 Å². The van der Waals surface area contributed by atoms with Crippen LogP contribution < -0.4 is 5.32 Å². The SMILES string of the molecule is O=C(Cc1csc(-c2ccco2)n1)NCc1ccccc1Cn1cncn1. The van der Waals surface area contributed by atoms with Gasteiger partial charge in [0.2, 0.25) is 5.91 Å². The summed E-state index contributed by atoms with van der Waals surface area (Å²) in [7, 11) is 0. The molecule has 1 amide bonds. The molecule has 136 valence electrons. The van der Waals surface area contributed by atoms with Gasteiger partial charge in [0.25, 0.3) is 0 Å². The number of rotatable bonds is 7. The van der Waals surface area contributed by atoms with Crippen LogP contribution in [0, 0.1) is 0 Å². The Morgan fingerprint density at radius 1 is 1.19 bits per heavy atom. The average Bonchev–Trinajstić information content (AvgIpc) is 3.43. The second-order valence-corrected chi connectivity index (χ2v) is 6.79. The van der Waals surface area contributed by atoms with E-state index in [1.165, 1.54) is 17.7 Å². The van der Waals surface area contributed by atoms with Gasteiger partial charge in [0.05, 0.1) is 24.9 Å². The van der Waals surface area contributed by atoms with Gasteiger partial charge in [0, 0.05) is 11.9 Å². The molecule has 0 bridgehead atoms. The molecule has 4 rings (SSSR count). The van der Waals surface area contributed by atoms with Crippen molar-refractivity contribution in [1.82, 2.24) is 25.1 Å². The number of nitrogens with zero attached hydrogens (tertiary/aromatic N) is 4. The number of nitrogens with one attached hydrogen (secondary N) is 1. The van der Waals surface area contributed by atoms with Gasteiger partial charge < -0.3 is 9.73 Å². The highest BCUT2D eigenvalue weighted by atomic mass is 32.1. The molecule has 0 radical (unpaired) electrons. The van der Waals surface area contributed by atoms with E-state index in [2.05, 4.69) is 20.4 Å². The molecule has 1 aromatic carbocycles. The van der Waals surface area contributed by atoms with Crippen molar-refractivity contribution in [2.45, 2.75) is 19.5 Å². The van der Waals surface area contributed by atoms with Crippen molar-refractivity contribution in [2.75, 3.05) is 0 Å². The molecule has 0 spiro atoms. The molecule has 3 heterocycles. The highest BCUT2D eigenvalue weighted by Crippen LogP contribution is 2.24. The van der Waals surface area contributed by atoms with Gasteiger partial charge in [-0.3, -0.25) is 4.79 Å². The Morgan fingerprint density at radius 3 is 2.85 bits per heavy atom. The summed E-state index contributed by atoms with van der Waals surface area (Å²) in [5, 5.41) is 9.76. The minimum atomic E-state index is -0.0677. The van der Waals surface area contributed by atoms with Gasteiger partial charge in [-0.15, -0.1) is 11.3 Å². The number of hydrogen-bond donors (Lipinski definition) is 1. The van der Waals surface area contributed by atoms with Crippen molar-refractivity contribution < 1.29 is 9.21 Å². The number of furan rings is 1. The molecule has 0 atom stereocenters. The summed E-state index contributed by atoms with van der Waals surface area (Å²) in [6, 6.07) is 11.6. The third kappa shape index (κ3) is 4.29. The molecule has 0 fully saturated rings. The summed E-state index contributed by atoms with van der Waals surface area (Å²) in [5.41, 5.74) is 2.88. The Morgan fingerprint density at radius 2 is 2.07 bits per heavy atom. The van der Waals surface area contributed by atoms with Gasteiger partial charge in [0.15, 0.2) is 10.8 Å². The van der Waals surface area contributed by atoms with E-state index >= 15 is 0 Å². The summed E-state index contributed by atoms with van der Waals surface area (Å²) < 4.78 is 7.09. The molecule has 0 aliphatic carbocycles. The predicted molar refractivity (Wildman–Crippen MR) is 101 cm³/mol. The fourth-order valence-electron chi connectivity index (χ4n) is 2.70. The Kier molecular flexibility index (Phi) is 5.06. The molecule has 4 aromatic rings. The molecule has 0 unspecified atom stereocenters. The number of aromatic nitrogens is 4. The summed E-state index contributed by atoms with van der Waals surface area (Å²) >= 11 is 1.47. The minimum absolute atomic E-state index is 0.0677. The first-order chi connectivity index (χ1) is 13.3. The summed E-state index contributed by atoms with van der Waals surface area (Å²) in [6.07, 6.45) is 5.03. The fourth-order valence-corrected chi connectivity index (χ4v) is 3.48. The first kappa shape index (κ1) is 17.2. The molecule has 0 aliphatic rings. The maximum absolute atomic E-state index is 12.3. The second-order valence-electron chi connectivity index (χ2n) is 5.94. The third-order valence-electron chi connectivity index (χ3n) is 4.02. The molecule has 8 heteroatoms. The Bertz CT molecular complexity index is 1010. The van der Waals surface area contributed by atoms with Gasteiger partial charge in [0.1, 0.15) is 12.7 Å². The Hall–Kier alpha value is -3.26.